The van der Waals surface area contributed by atoms with Crippen molar-refractivity contribution in [2.45, 2.75) is 32.1 Å². The van der Waals surface area contributed by atoms with E-state index in [9.17, 15) is 4.79 Å². The van der Waals surface area contributed by atoms with E-state index in [0.717, 1.165) is 32.1 Å². The molecule has 1 aliphatic rings. The fourth-order valence-corrected chi connectivity index (χ4v) is 1.68. The van der Waals surface area contributed by atoms with Gasteiger partial charge in [-0.3, -0.25) is 4.79 Å². The summed E-state index contributed by atoms with van der Waals surface area (Å²) in [7, 11) is 0. The summed E-state index contributed by atoms with van der Waals surface area (Å²) in [5, 5.41) is 17.4. The van der Waals surface area contributed by atoms with Crippen LogP contribution >= 0.6 is 0 Å². The van der Waals surface area contributed by atoms with E-state index in [1.165, 1.54) is 5.92 Å². The SMILES string of the molecule is O=C(O)C1CC[C](CCO)CC1. The Labute approximate surface area is 72.4 Å². The highest BCUT2D eigenvalue weighted by atomic mass is 16.4. The van der Waals surface area contributed by atoms with E-state index in [4.69, 9.17) is 10.2 Å². The van der Waals surface area contributed by atoms with Crippen molar-refractivity contribution in [3.8, 4) is 0 Å². The van der Waals surface area contributed by atoms with Gasteiger partial charge in [0.05, 0.1) is 5.92 Å². The lowest BCUT2D eigenvalue weighted by atomic mass is 9.81. The quantitative estimate of drug-likeness (QED) is 0.671. The predicted octanol–water partition coefficient (Wildman–Crippen LogP) is 1.22. The first-order valence-electron chi connectivity index (χ1n) is 4.41. The van der Waals surface area contributed by atoms with Crippen molar-refractivity contribution in [2.75, 3.05) is 6.61 Å². The number of carboxylic acid groups (broad SMARTS) is 1. The maximum Gasteiger partial charge on any atom is 0.306 e. The van der Waals surface area contributed by atoms with Crippen LogP contribution in [0.5, 0.6) is 0 Å². The van der Waals surface area contributed by atoms with Crippen molar-refractivity contribution >= 4 is 5.97 Å². The van der Waals surface area contributed by atoms with E-state index >= 15 is 0 Å². The van der Waals surface area contributed by atoms with Gasteiger partial charge in [-0.1, -0.05) is 0 Å². The number of hydrogen-bond acceptors (Lipinski definition) is 2. The van der Waals surface area contributed by atoms with Crippen LogP contribution in [0.3, 0.4) is 0 Å². The highest BCUT2D eigenvalue weighted by Gasteiger charge is 2.25. The summed E-state index contributed by atoms with van der Waals surface area (Å²) in [6, 6.07) is 0. The molecule has 1 fully saturated rings. The Morgan fingerprint density at radius 3 is 2.42 bits per heavy atom. The largest absolute Gasteiger partial charge is 0.481 e. The third kappa shape index (κ3) is 2.48. The normalized spacial score (nSPS) is 21.1. The van der Waals surface area contributed by atoms with Crippen LogP contribution in [0.25, 0.3) is 0 Å². The molecule has 3 heteroatoms. The minimum Gasteiger partial charge on any atom is -0.481 e. The lowest BCUT2D eigenvalue weighted by Gasteiger charge is -2.24. The summed E-state index contributed by atoms with van der Waals surface area (Å²) in [6.07, 6.45) is 4.04. The molecule has 0 bridgehead atoms. The molecule has 69 valence electrons. The lowest BCUT2D eigenvalue weighted by Crippen LogP contribution is -2.20. The molecule has 0 saturated heterocycles. The van der Waals surface area contributed by atoms with E-state index in [0.29, 0.717) is 0 Å². The number of carbonyl (C=O) groups is 1. The van der Waals surface area contributed by atoms with Crippen LogP contribution in [0.4, 0.5) is 0 Å². The monoisotopic (exact) mass is 171 g/mol. The second-order valence-electron chi connectivity index (χ2n) is 3.34. The van der Waals surface area contributed by atoms with Gasteiger partial charge < -0.3 is 10.2 Å². The van der Waals surface area contributed by atoms with Crippen LogP contribution in [0, 0.1) is 11.8 Å². The molecule has 0 atom stereocenters. The van der Waals surface area contributed by atoms with Gasteiger partial charge in [0.25, 0.3) is 0 Å². The topological polar surface area (TPSA) is 57.5 Å². The molecule has 0 aromatic heterocycles. The highest BCUT2D eigenvalue weighted by Crippen LogP contribution is 2.32. The summed E-state index contributed by atoms with van der Waals surface area (Å²) < 4.78 is 0. The fraction of sp³-hybridized carbons (Fsp3) is 0.778. The average Bonchev–Trinajstić information content (AvgIpc) is 2.06. The molecule has 1 saturated carbocycles. The summed E-state index contributed by atoms with van der Waals surface area (Å²) in [4.78, 5) is 10.6. The van der Waals surface area contributed by atoms with Crippen molar-refractivity contribution in [1.82, 2.24) is 0 Å². The molecule has 1 rings (SSSR count). The zero-order valence-electron chi connectivity index (χ0n) is 7.12. The Balaban J connectivity index is 2.25. The number of aliphatic hydroxyl groups excluding tert-OH is 1. The Morgan fingerprint density at radius 1 is 1.42 bits per heavy atom. The van der Waals surface area contributed by atoms with Crippen LogP contribution in [-0.4, -0.2) is 22.8 Å². The van der Waals surface area contributed by atoms with Crippen molar-refractivity contribution in [2.24, 2.45) is 5.92 Å². The van der Waals surface area contributed by atoms with Crippen LogP contribution < -0.4 is 0 Å². The van der Waals surface area contributed by atoms with Crippen molar-refractivity contribution < 1.29 is 15.0 Å². The number of aliphatic carboxylic acids is 1. The molecule has 0 spiro atoms. The van der Waals surface area contributed by atoms with Gasteiger partial charge in [-0.15, -0.1) is 0 Å². The van der Waals surface area contributed by atoms with Gasteiger partial charge in [0, 0.05) is 6.61 Å². The van der Waals surface area contributed by atoms with E-state index in [2.05, 4.69) is 0 Å². The molecule has 3 nitrogen and oxygen atoms in total. The van der Waals surface area contributed by atoms with Crippen LogP contribution in [-0.2, 0) is 4.79 Å². The molecular weight excluding hydrogens is 156 g/mol. The zero-order chi connectivity index (χ0) is 8.97. The lowest BCUT2D eigenvalue weighted by molar-refractivity contribution is -0.142. The van der Waals surface area contributed by atoms with Gasteiger partial charge >= 0.3 is 5.97 Å². The summed E-state index contributed by atoms with van der Waals surface area (Å²) in [5.41, 5.74) is 0. The Hall–Kier alpha value is -0.570. The minimum atomic E-state index is -0.668. The highest BCUT2D eigenvalue weighted by molar-refractivity contribution is 5.70. The maximum atomic E-state index is 10.6. The molecule has 0 aromatic rings. The van der Waals surface area contributed by atoms with Crippen molar-refractivity contribution in [3.05, 3.63) is 5.92 Å². The molecule has 0 aromatic carbocycles. The molecule has 1 radical (unpaired) electrons. The van der Waals surface area contributed by atoms with Gasteiger partial charge in [-0.05, 0) is 38.0 Å². The Kier molecular flexibility index (Phi) is 3.53. The standard InChI is InChI=1S/C9H15O3/c10-6-5-7-1-3-8(4-2-7)9(11)12/h8,10H,1-6H2,(H,11,12). The first-order chi connectivity index (χ1) is 5.74. The third-order valence-corrected chi connectivity index (χ3v) is 2.51. The molecule has 0 amide bonds. The van der Waals surface area contributed by atoms with Gasteiger partial charge in [-0.25, -0.2) is 0 Å². The van der Waals surface area contributed by atoms with E-state index in [1.54, 1.807) is 0 Å². The number of carboxylic acids is 1. The number of rotatable bonds is 3. The molecule has 0 heterocycles. The van der Waals surface area contributed by atoms with E-state index in [-0.39, 0.29) is 12.5 Å². The predicted molar refractivity (Wildman–Crippen MR) is 44.5 cm³/mol. The van der Waals surface area contributed by atoms with Gasteiger partial charge in [0.2, 0.25) is 0 Å². The fourth-order valence-electron chi connectivity index (χ4n) is 1.68. The second kappa shape index (κ2) is 4.45. The van der Waals surface area contributed by atoms with Crippen LogP contribution in [0.15, 0.2) is 0 Å². The molecule has 0 unspecified atom stereocenters. The number of hydrogen-bond donors (Lipinski definition) is 2. The number of aliphatic hydroxyl groups is 1. The molecule has 0 aliphatic heterocycles. The van der Waals surface area contributed by atoms with Crippen molar-refractivity contribution in [3.63, 3.8) is 0 Å². The van der Waals surface area contributed by atoms with Gasteiger partial charge in [0.1, 0.15) is 0 Å². The van der Waals surface area contributed by atoms with Gasteiger partial charge in [0.15, 0.2) is 0 Å². The summed E-state index contributed by atoms with van der Waals surface area (Å²) in [6.45, 7) is 0.201. The average molecular weight is 171 g/mol. The van der Waals surface area contributed by atoms with Gasteiger partial charge in [-0.2, -0.15) is 0 Å². The molecule has 1 aliphatic carbocycles. The van der Waals surface area contributed by atoms with E-state index < -0.39 is 5.97 Å². The summed E-state index contributed by atoms with van der Waals surface area (Å²) in [5.74, 6) is 0.514. The van der Waals surface area contributed by atoms with Crippen molar-refractivity contribution in [1.29, 1.82) is 0 Å². The Morgan fingerprint density at radius 2 is 2.00 bits per heavy atom. The molecule has 12 heavy (non-hydrogen) atoms. The first kappa shape index (κ1) is 9.52. The van der Waals surface area contributed by atoms with Crippen LogP contribution in [0.2, 0.25) is 0 Å². The first-order valence-corrected chi connectivity index (χ1v) is 4.41. The second-order valence-corrected chi connectivity index (χ2v) is 3.34. The third-order valence-electron chi connectivity index (χ3n) is 2.51. The zero-order valence-corrected chi connectivity index (χ0v) is 7.12. The minimum absolute atomic E-state index is 0.146. The molecular formula is C9H15O3. The summed E-state index contributed by atoms with van der Waals surface area (Å²) >= 11 is 0. The smallest absolute Gasteiger partial charge is 0.306 e. The maximum absolute atomic E-state index is 10.6. The van der Waals surface area contributed by atoms with E-state index in [1.807, 2.05) is 0 Å². The molecule has 2 N–H and O–H groups in total. The Bertz CT molecular complexity index is 148. The van der Waals surface area contributed by atoms with Crippen LogP contribution in [0.1, 0.15) is 32.1 Å².